The Morgan fingerprint density at radius 1 is 1.26 bits per heavy atom. The van der Waals surface area contributed by atoms with E-state index in [9.17, 15) is 5.11 Å². The fraction of sp³-hybridized carbons (Fsp3) is 0.650. The minimum absolute atomic E-state index is 0. The third-order valence-electron chi connectivity index (χ3n) is 4.69. The van der Waals surface area contributed by atoms with Crippen LogP contribution in [0.25, 0.3) is 0 Å². The normalized spacial score (nSPS) is 16.7. The number of hydrogen-bond donors (Lipinski definition) is 3. The molecule has 0 spiro atoms. The average molecular weight is 553 g/mol. The van der Waals surface area contributed by atoms with Gasteiger partial charge in [0.15, 0.2) is 5.96 Å². The third kappa shape index (κ3) is 9.11. The summed E-state index contributed by atoms with van der Waals surface area (Å²) in [5, 5.41) is 16.3. The van der Waals surface area contributed by atoms with Crippen molar-refractivity contribution in [2.24, 2.45) is 10.4 Å². The highest BCUT2D eigenvalue weighted by Gasteiger charge is 2.21. The first-order chi connectivity index (χ1) is 12.4. The Balaban J connectivity index is 0.00000364. The molecule has 1 heterocycles. The van der Waals surface area contributed by atoms with Gasteiger partial charge in [0.2, 0.25) is 0 Å². The first kappa shape index (κ1) is 24.7. The quantitative estimate of drug-likeness (QED) is 0.275. The molecule has 0 atom stereocenters. The molecule has 2 rings (SSSR count). The van der Waals surface area contributed by atoms with Gasteiger partial charge in [0.25, 0.3) is 0 Å². The lowest BCUT2D eigenvalue weighted by Crippen LogP contribution is -2.48. The minimum Gasteiger partial charge on any atom is -0.396 e. The number of rotatable bonds is 7. The number of likely N-dealkylation sites (tertiary alicyclic amines) is 1. The van der Waals surface area contributed by atoms with Crippen molar-refractivity contribution in [3.63, 3.8) is 0 Å². The number of guanidine groups is 1. The van der Waals surface area contributed by atoms with Gasteiger partial charge in [-0.05, 0) is 37.5 Å². The summed E-state index contributed by atoms with van der Waals surface area (Å²) in [6.45, 7) is 10.9. The van der Waals surface area contributed by atoms with E-state index in [0.717, 1.165) is 49.5 Å². The summed E-state index contributed by atoms with van der Waals surface area (Å²) in [4.78, 5) is 7.18. The van der Waals surface area contributed by atoms with E-state index in [4.69, 9.17) is 0 Å². The van der Waals surface area contributed by atoms with Gasteiger partial charge in [-0.15, -0.1) is 24.0 Å². The number of benzene rings is 1. The molecule has 1 saturated heterocycles. The van der Waals surface area contributed by atoms with Crippen LogP contribution in [0.15, 0.2) is 33.7 Å². The Morgan fingerprint density at radius 2 is 1.89 bits per heavy atom. The molecule has 27 heavy (non-hydrogen) atoms. The Hall–Kier alpha value is -0.380. The highest BCUT2D eigenvalue weighted by molar-refractivity contribution is 14.0. The molecule has 0 aromatic heterocycles. The molecular weight excluding hydrogens is 519 g/mol. The zero-order chi connectivity index (χ0) is 19.0. The van der Waals surface area contributed by atoms with E-state index in [0.29, 0.717) is 12.6 Å². The van der Waals surface area contributed by atoms with E-state index in [1.54, 1.807) is 0 Å². The number of piperidine rings is 1. The summed E-state index contributed by atoms with van der Waals surface area (Å²) in [5.41, 5.74) is 1.18. The van der Waals surface area contributed by atoms with E-state index in [1.165, 1.54) is 5.56 Å². The van der Waals surface area contributed by atoms with Gasteiger partial charge in [0.1, 0.15) is 0 Å². The standard InChI is InChI=1S/C20H33BrN4O.HI/c1-4-22-19(23-14-20(2,3)15-26)24-18-9-11-25(12-10-18)13-16-5-7-17(21)8-6-16;/h5-8,18,26H,4,9-15H2,1-3H3,(H2,22,23,24);1H. The van der Waals surface area contributed by atoms with Crippen LogP contribution in [0.4, 0.5) is 0 Å². The van der Waals surface area contributed by atoms with Crippen LogP contribution in [0, 0.1) is 5.41 Å². The molecule has 7 heteroatoms. The molecule has 1 aromatic rings. The number of nitrogens with one attached hydrogen (secondary N) is 2. The van der Waals surface area contributed by atoms with Gasteiger partial charge in [0, 0.05) is 48.7 Å². The van der Waals surface area contributed by atoms with E-state index in [-0.39, 0.29) is 36.0 Å². The van der Waals surface area contributed by atoms with E-state index in [1.807, 2.05) is 13.8 Å². The lowest BCUT2D eigenvalue weighted by atomic mass is 9.95. The van der Waals surface area contributed by atoms with Gasteiger partial charge in [-0.3, -0.25) is 9.89 Å². The summed E-state index contributed by atoms with van der Waals surface area (Å²) >= 11 is 3.49. The predicted molar refractivity (Wildman–Crippen MR) is 128 cm³/mol. The van der Waals surface area contributed by atoms with Gasteiger partial charge >= 0.3 is 0 Å². The number of aliphatic hydroxyl groups excluding tert-OH is 1. The molecule has 0 amide bonds. The molecule has 1 aliphatic rings. The molecule has 1 fully saturated rings. The highest BCUT2D eigenvalue weighted by Crippen LogP contribution is 2.17. The summed E-state index contributed by atoms with van der Waals surface area (Å²) in [6, 6.07) is 9.04. The topological polar surface area (TPSA) is 59.9 Å². The zero-order valence-corrected chi connectivity index (χ0v) is 20.6. The second kappa shape index (κ2) is 12.2. The second-order valence-corrected chi connectivity index (χ2v) is 8.75. The lowest BCUT2D eigenvalue weighted by Gasteiger charge is -2.33. The number of aliphatic imine (C=N–C) groups is 1. The Morgan fingerprint density at radius 3 is 2.44 bits per heavy atom. The molecular formula is C20H34BrIN4O. The molecule has 0 bridgehead atoms. The third-order valence-corrected chi connectivity index (χ3v) is 5.21. The van der Waals surface area contributed by atoms with Gasteiger partial charge < -0.3 is 15.7 Å². The van der Waals surface area contributed by atoms with Crippen molar-refractivity contribution in [1.29, 1.82) is 0 Å². The number of halogens is 2. The van der Waals surface area contributed by atoms with Crippen molar-refractivity contribution >= 4 is 45.9 Å². The number of nitrogens with zero attached hydrogens (tertiary/aromatic N) is 2. The average Bonchev–Trinajstić information content (AvgIpc) is 2.63. The predicted octanol–water partition coefficient (Wildman–Crippen LogP) is 3.61. The van der Waals surface area contributed by atoms with Crippen molar-refractivity contribution in [3.05, 3.63) is 34.3 Å². The molecule has 0 saturated carbocycles. The molecule has 1 aliphatic heterocycles. The number of aliphatic hydroxyl groups is 1. The van der Waals surface area contributed by atoms with Crippen LogP contribution in [-0.4, -0.2) is 54.8 Å². The molecule has 1 aromatic carbocycles. The van der Waals surface area contributed by atoms with Crippen LogP contribution in [0.1, 0.15) is 39.2 Å². The van der Waals surface area contributed by atoms with Crippen LogP contribution < -0.4 is 10.6 Å². The zero-order valence-electron chi connectivity index (χ0n) is 16.7. The van der Waals surface area contributed by atoms with Crippen molar-refractivity contribution in [2.45, 2.75) is 46.2 Å². The Kier molecular flexibility index (Phi) is 11.2. The van der Waals surface area contributed by atoms with Crippen molar-refractivity contribution in [3.8, 4) is 0 Å². The fourth-order valence-electron chi connectivity index (χ4n) is 2.94. The second-order valence-electron chi connectivity index (χ2n) is 7.84. The van der Waals surface area contributed by atoms with Gasteiger partial charge in [-0.1, -0.05) is 41.9 Å². The summed E-state index contributed by atoms with van der Waals surface area (Å²) in [5.74, 6) is 0.861. The van der Waals surface area contributed by atoms with Crippen molar-refractivity contribution in [2.75, 3.05) is 32.8 Å². The molecule has 0 aliphatic carbocycles. The number of hydrogen-bond acceptors (Lipinski definition) is 3. The van der Waals surface area contributed by atoms with E-state index < -0.39 is 0 Å². The van der Waals surface area contributed by atoms with Crippen LogP contribution >= 0.6 is 39.9 Å². The molecule has 3 N–H and O–H groups in total. The fourth-order valence-corrected chi connectivity index (χ4v) is 3.20. The minimum atomic E-state index is -0.184. The van der Waals surface area contributed by atoms with Crippen molar-refractivity contribution in [1.82, 2.24) is 15.5 Å². The first-order valence-electron chi connectivity index (χ1n) is 9.54. The SMILES string of the molecule is CCNC(=NCC(C)(C)CO)NC1CCN(Cc2ccc(Br)cc2)CC1.I. The van der Waals surface area contributed by atoms with Gasteiger partial charge in [-0.25, -0.2) is 0 Å². The van der Waals surface area contributed by atoms with Crippen LogP contribution in [0.2, 0.25) is 0 Å². The van der Waals surface area contributed by atoms with Crippen molar-refractivity contribution < 1.29 is 5.11 Å². The van der Waals surface area contributed by atoms with Crippen LogP contribution in [0.3, 0.4) is 0 Å². The first-order valence-corrected chi connectivity index (χ1v) is 10.3. The van der Waals surface area contributed by atoms with Gasteiger partial charge in [0.05, 0.1) is 6.54 Å². The maximum atomic E-state index is 9.41. The van der Waals surface area contributed by atoms with E-state index in [2.05, 4.69) is 67.6 Å². The maximum absolute atomic E-state index is 9.41. The van der Waals surface area contributed by atoms with Crippen LogP contribution in [-0.2, 0) is 6.54 Å². The molecule has 154 valence electrons. The summed E-state index contributed by atoms with van der Waals surface area (Å²) in [6.07, 6.45) is 2.23. The monoisotopic (exact) mass is 552 g/mol. The largest absolute Gasteiger partial charge is 0.396 e. The Labute approximate surface area is 189 Å². The van der Waals surface area contributed by atoms with Gasteiger partial charge in [-0.2, -0.15) is 0 Å². The summed E-state index contributed by atoms with van der Waals surface area (Å²) in [7, 11) is 0. The highest BCUT2D eigenvalue weighted by atomic mass is 127. The lowest BCUT2D eigenvalue weighted by molar-refractivity contribution is 0.167. The molecule has 5 nitrogen and oxygen atoms in total. The van der Waals surface area contributed by atoms with E-state index >= 15 is 0 Å². The molecule has 0 radical (unpaired) electrons. The summed E-state index contributed by atoms with van der Waals surface area (Å²) < 4.78 is 1.13. The molecule has 0 unspecified atom stereocenters. The van der Waals surface area contributed by atoms with Crippen LogP contribution in [0.5, 0.6) is 0 Å². The Bertz CT molecular complexity index is 572. The maximum Gasteiger partial charge on any atom is 0.191 e. The smallest absolute Gasteiger partial charge is 0.191 e.